The zero-order valence-electron chi connectivity index (χ0n) is 13.0. The van der Waals surface area contributed by atoms with Crippen molar-refractivity contribution < 1.29 is 14.7 Å². The van der Waals surface area contributed by atoms with Crippen LogP contribution < -0.4 is 5.32 Å². The average Bonchev–Trinajstić information content (AvgIpc) is 3.22. The highest BCUT2D eigenvalue weighted by Gasteiger charge is 2.53. The summed E-state index contributed by atoms with van der Waals surface area (Å²) in [7, 11) is 0. The standard InChI is InChI=1S/C16H20N4O3/c1-9(22)16(17)12-2-3-18-6-13(12)19-7-15(23)20-11(8-21)4-10-5-14(10)20/h2-3,6,10-11,14,17,19,21H,4-5,7-8H2,1H3. The minimum Gasteiger partial charge on any atom is -0.394 e. The fraction of sp³-hybridized carbons (Fsp3) is 0.500. The van der Waals surface area contributed by atoms with E-state index in [4.69, 9.17) is 5.41 Å². The van der Waals surface area contributed by atoms with Crippen LogP contribution in [0.5, 0.6) is 0 Å². The number of amides is 1. The molecule has 3 unspecified atom stereocenters. The summed E-state index contributed by atoms with van der Waals surface area (Å²) in [6.45, 7) is 1.39. The van der Waals surface area contributed by atoms with Crippen molar-refractivity contribution in [2.45, 2.75) is 31.8 Å². The predicted octanol–water partition coefficient (Wildman–Crippen LogP) is 0.432. The fourth-order valence-corrected chi connectivity index (χ4v) is 3.32. The minimum atomic E-state index is -0.341. The molecule has 0 spiro atoms. The zero-order valence-corrected chi connectivity index (χ0v) is 13.0. The molecule has 0 bridgehead atoms. The Morgan fingerprint density at radius 3 is 2.96 bits per heavy atom. The molecule has 3 N–H and O–H groups in total. The van der Waals surface area contributed by atoms with Gasteiger partial charge in [-0.3, -0.25) is 20.0 Å². The molecule has 0 radical (unpaired) electrons. The first kappa shape index (κ1) is 15.6. The highest BCUT2D eigenvalue weighted by atomic mass is 16.3. The Kier molecular flexibility index (Phi) is 4.12. The van der Waals surface area contributed by atoms with Gasteiger partial charge >= 0.3 is 0 Å². The molecule has 0 aromatic carbocycles. The Bertz CT molecular complexity index is 660. The van der Waals surface area contributed by atoms with Crippen LogP contribution in [0.25, 0.3) is 0 Å². The van der Waals surface area contributed by atoms with E-state index in [9.17, 15) is 14.7 Å². The minimum absolute atomic E-state index is 0.00807. The molecule has 1 saturated heterocycles. The summed E-state index contributed by atoms with van der Waals surface area (Å²) in [5.41, 5.74) is 0.817. The number of aromatic nitrogens is 1. The third-order valence-corrected chi connectivity index (χ3v) is 4.58. The van der Waals surface area contributed by atoms with Crippen molar-refractivity contribution >= 4 is 23.1 Å². The first-order valence-corrected chi connectivity index (χ1v) is 7.72. The second-order valence-corrected chi connectivity index (χ2v) is 6.14. The molecule has 3 atom stereocenters. The number of hydrogen-bond donors (Lipinski definition) is 3. The molecule has 7 heteroatoms. The van der Waals surface area contributed by atoms with E-state index in [1.165, 1.54) is 19.3 Å². The molecule has 7 nitrogen and oxygen atoms in total. The van der Waals surface area contributed by atoms with E-state index >= 15 is 0 Å². The number of aliphatic hydroxyl groups excluding tert-OH is 1. The molecule has 2 heterocycles. The molecule has 23 heavy (non-hydrogen) atoms. The monoisotopic (exact) mass is 316 g/mol. The first-order chi connectivity index (χ1) is 11.0. The highest BCUT2D eigenvalue weighted by molar-refractivity contribution is 6.45. The number of carbonyl (C=O) groups excluding carboxylic acids is 2. The Morgan fingerprint density at radius 1 is 1.48 bits per heavy atom. The lowest BCUT2D eigenvalue weighted by atomic mass is 10.1. The molecule has 2 aliphatic rings. The van der Waals surface area contributed by atoms with E-state index in [0.29, 0.717) is 17.2 Å². The van der Waals surface area contributed by atoms with Crippen LogP contribution in [0.3, 0.4) is 0 Å². The SMILES string of the molecule is CC(=O)C(=N)c1ccncc1NCC(=O)N1C(CO)CC2CC21. The molecule has 1 aliphatic heterocycles. The summed E-state index contributed by atoms with van der Waals surface area (Å²) in [5, 5.41) is 20.2. The van der Waals surface area contributed by atoms with Gasteiger partial charge in [0.25, 0.3) is 0 Å². The van der Waals surface area contributed by atoms with E-state index in [1.54, 1.807) is 11.0 Å². The summed E-state index contributed by atoms with van der Waals surface area (Å²) >= 11 is 0. The van der Waals surface area contributed by atoms with Gasteiger partial charge in [-0.15, -0.1) is 0 Å². The summed E-state index contributed by atoms with van der Waals surface area (Å²) in [4.78, 5) is 29.6. The zero-order chi connectivity index (χ0) is 16.6. The maximum atomic E-state index is 12.5. The van der Waals surface area contributed by atoms with Crippen LogP contribution in [0.1, 0.15) is 25.3 Å². The van der Waals surface area contributed by atoms with E-state index < -0.39 is 0 Å². The van der Waals surface area contributed by atoms with E-state index in [0.717, 1.165) is 12.8 Å². The molecule has 2 fully saturated rings. The van der Waals surface area contributed by atoms with Crippen molar-refractivity contribution in [1.82, 2.24) is 9.88 Å². The number of likely N-dealkylation sites (tertiary alicyclic amines) is 1. The molecular weight excluding hydrogens is 296 g/mol. The topological polar surface area (TPSA) is 106 Å². The second-order valence-electron chi connectivity index (χ2n) is 6.14. The van der Waals surface area contributed by atoms with Crippen LogP contribution in [0.15, 0.2) is 18.5 Å². The Labute approximate surface area is 134 Å². The summed E-state index contributed by atoms with van der Waals surface area (Å²) in [5.74, 6) is 0.125. The number of pyridine rings is 1. The molecule has 1 aromatic rings. The lowest BCUT2D eigenvalue weighted by Gasteiger charge is -2.26. The van der Waals surface area contributed by atoms with Gasteiger partial charge in [-0.1, -0.05) is 0 Å². The number of aliphatic hydroxyl groups is 1. The van der Waals surface area contributed by atoms with Gasteiger partial charge in [0.15, 0.2) is 5.78 Å². The second kappa shape index (κ2) is 6.08. The lowest BCUT2D eigenvalue weighted by molar-refractivity contribution is -0.132. The third-order valence-electron chi connectivity index (χ3n) is 4.58. The molecule has 1 saturated carbocycles. The molecule has 1 amide bonds. The van der Waals surface area contributed by atoms with E-state index in [-0.39, 0.29) is 42.6 Å². The number of Topliss-reactive ketones (excluding diaryl/α,β-unsaturated/α-hetero) is 1. The smallest absolute Gasteiger partial charge is 0.242 e. The van der Waals surface area contributed by atoms with Crippen molar-refractivity contribution in [2.75, 3.05) is 18.5 Å². The third kappa shape index (κ3) is 2.96. The van der Waals surface area contributed by atoms with Gasteiger partial charge in [0, 0.05) is 24.7 Å². The van der Waals surface area contributed by atoms with Crippen LogP contribution in [-0.4, -0.2) is 57.6 Å². The Balaban J connectivity index is 1.68. The number of anilines is 1. The first-order valence-electron chi connectivity index (χ1n) is 7.72. The van der Waals surface area contributed by atoms with E-state index in [1.807, 2.05) is 0 Å². The van der Waals surface area contributed by atoms with Gasteiger partial charge < -0.3 is 15.3 Å². The quantitative estimate of drug-likeness (QED) is 0.660. The van der Waals surface area contributed by atoms with Gasteiger partial charge in [0.05, 0.1) is 31.1 Å². The van der Waals surface area contributed by atoms with Gasteiger partial charge in [-0.2, -0.15) is 0 Å². The Morgan fingerprint density at radius 2 is 2.26 bits per heavy atom. The number of fused-ring (bicyclic) bond motifs is 1. The predicted molar refractivity (Wildman–Crippen MR) is 84.5 cm³/mol. The molecule has 122 valence electrons. The number of ketones is 1. The molecule has 3 rings (SSSR count). The van der Waals surface area contributed by atoms with Crippen LogP contribution >= 0.6 is 0 Å². The van der Waals surface area contributed by atoms with Gasteiger partial charge in [0.2, 0.25) is 5.91 Å². The van der Waals surface area contributed by atoms with Crippen LogP contribution in [0, 0.1) is 11.3 Å². The van der Waals surface area contributed by atoms with Crippen LogP contribution in [0.4, 0.5) is 5.69 Å². The lowest BCUT2D eigenvalue weighted by Crippen LogP contribution is -2.43. The fourth-order valence-electron chi connectivity index (χ4n) is 3.32. The summed E-state index contributed by atoms with van der Waals surface area (Å²) in [6, 6.07) is 1.77. The molecular formula is C16H20N4O3. The summed E-state index contributed by atoms with van der Waals surface area (Å²) in [6.07, 6.45) is 4.92. The van der Waals surface area contributed by atoms with Crippen molar-refractivity contribution in [3.63, 3.8) is 0 Å². The number of piperidine rings is 1. The van der Waals surface area contributed by atoms with Crippen molar-refractivity contribution in [2.24, 2.45) is 5.92 Å². The maximum absolute atomic E-state index is 12.5. The maximum Gasteiger partial charge on any atom is 0.242 e. The number of carbonyl (C=O) groups is 2. The van der Waals surface area contributed by atoms with Gasteiger partial charge in [-0.25, -0.2) is 0 Å². The van der Waals surface area contributed by atoms with Crippen molar-refractivity contribution in [3.8, 4) is 0 Å². The normalized spacial score (nSPS) is 25.0. The average molecular weight is 316 g/mol. The van der Waals surface area contributed by atoms with Crippen LogP contribution in [0.2, 0.25) is 0 Å². The molecule has 1 aliphatic carbocycles. The van der Waals surface area contributed by atoms with Gasteiger partial charge in [-0.05, 0) is 24.8 Å². The van der Waals surface area contributed by atoms with Crippen molar-refractivity contribution in [1.29, 1.82) is 5.41 Å². The number of nitrogens with zero attached hydrogens (tertiary/aromatic N) is 2. The largest absolute Gasteiger partial charge is 0.394 e. The molecule has 1 aromatic heterocycles. The number of nitrogens with one attached hydrogen (secondary N) is 2. The van der Waals surface area contributed by atoms with Gasteiger partial charge in [0.1, 0.15) is 5.71 Å². The Hall–Kier alpha value is -2.28. The van der Waals surface area contributed by atoms with E-state index in [2.05, 4.69) is 10.3 Å². The number of rotatable bonds is 6. The highest BCUT2D eigenvalue weighted by Crippen LogP contribution is 2.47. The number of hydrogen-bond acceptors (Lipinski definition) is 6. The van der Waals surface area contributed by atoms with Crippen molar-refractivity contribution in [3.05, 3.63) is 24.0 Å². The van der Waals surface area contributed by atoms with Crippen LogP contribution in [-0.2, 0) is 9.59 Å². The summed E-state index contributed by atoms with van der Waals surface area (Å²) < 4.78 is 0.